The largest absolute Gasteiger partial charge is 0.398 e. The number of rotatable bonds is 4. The third-order valence-electron chi connectivity index (χ3n) is 3.48. The van der Waals surface area contributed by atoms with Crippen molar-refractivity contribution in [2.45, 2.75) is 30.3 Å². The molecule has 0 bridgehead atoms. The Labute approximate surface area is 132 Å². The Morgan fingerprint density at radius 2 is 2.19 bits per heavy atom. The van der Waals surface area contributed by atoms with Crippen molar-refractivity contribution in [1.29, 1.82) is 0 Å². The molecule has 1 unspecified atom stereocenters. The number of benzene rings is 1. The van der Waals surface area contributed by atoms with Gasteiger partial charge in [-0.05, 0) is 47.3 Å². The Kier molecular flexibility index (Phi) is 5.24. The van der Waals surface area contributed by atoms with Crippen molar-refractivity contribution in [3.05, 3.63) is 22.4 Å². The van der Waals surface area contributed by atoms with Gasteiger partial charge in [0.25, 0.3) is 0 Å². The molecule has 1 aromatic rings. The summed E-state index contributed by atoms with van der Waals surface area (Å²) in [5, 5.41) is 0. The molecular formula is C13H18BrFN2O3S. The van der Waals surface area contributed by atoms with Crippen LogP contribution in [-0.4, -0.2) is 39.0 Å². The smallest absolute Gasteiger partial charge is 0.244 e. The summed E-state index contributed by atoms with van der Waals surface area (Å²) < 4.78 is 45.3. The summed E-state index contributed by atoms with van der Waals surface area (Å²) >= 11 is 2.98. The number of anilines is 1. The third kappa shape index (κ3) is 3.74. The van der Waals surface area contributed by atoms with Crippen LogP contribution >= 0.6 is 15.9 Å². The van der Waals surface area contributed by atoms with Crippen LogP contribution in [0.4, 0.5) is 10.1 Å². The molecule has 1 fully saturated rings. The molecule has 0 radical (unpaired) electrons. The van der Waals surface area contributed by atoms with E-state index < -0.39 is 15.8 Å². The highest BCUT2D eigenvalue weighted by Gasteiger charge is 2.27. The van der Waals surface area contributed by atoms with Crippen molar-refractivity contribution in [2.24, 2.45) is 0 Å². The number of hydrogen-bond donors (Lipinski definition) is 1. The van der Waals surface area contributed by atoms with Crippen LogP contribution < -0.4 is 5.73 Å². The number of hydrogen-bond acceptors (Lipinski definition) is 4. The Balaban J connectivity index is 2.22. The van der Waals surface area contributed by atoms with Gasteiger partial charge in [-0.25, -0.2) is 12.8 Å². The predicted molar refractivity (Wildman–Crippen MR) is 81.9 cm³/mol. The number of sulfonamides is 1. The highest BCUT2D eigenvalue weighted by Crippen LogP contribution is 2.28. The van der Waals surface area contributed by atoms with Crippen LogP contribution in [0.5, 0.6) is 0 Å². The lowest BCUT2D eigenvalue weighted by Crippen LogP contribution is -2.37. The Morgan fingerprint density at radius 3 is 2.81 bits per heavy atom. The van der Waals surface area contributed by atoms with Gasteiger partial charge < -0.3 is 10.5 Å². The quantitative estimate of drug-likeness (QED) is 0.813. The summed E-state index contributed by atoms with van der Waals surface area (Å²) in [5.41, 5.74) is 5.54. The minimum atomic E-state index is -3.78. The zero-order valence-electron chi connectivity index (χ0n) is 11.7. The van der Waals surface area contributed by atoms with E-state index in [4.69, 9.17) is 10.5 Å². The zero-order valence-corrected chi connectivity index (χ0v) is 14.1. The Bertz CT molecular complexity index is 618. The van der Waals surface area contributed by atoms with E-state index in [9.17, 15) is 12.8 Å². The van der Waals surface area contributed by atoms with Gasteiger partial charge in [-0.15, -0.1) is 0 Å². The van der Waals surface area contributed by atoms with Crippen molar-refractivity contribution >= 4 is 31.6 Å². The van der Waals surface area contributed by atoms with E-state index in [-0.39, 0.29) is 27.7 Å². The molecule has 0 aliphatic carbocycles. The first-order valence-corrected chi connectivity index (χ1v) is 8.88. The molecule has 1 saturated heterocycles. The summed E-state index contributed by atoms with van der Waals surface area (Å²) in [4.78, 5) is -0.103. The van der Waals surface area contributed by atoms with E-state index in [0.717, 1.165) is 25.3 Å². The average molecular weight is 381 g/mol. The lowest BCUT2D eigenvalue weighted by molar-refractivity contribution is 0.00859. The SMILES string of the molecule is CN(CC1CCCCO1)S(=O)(=O)c1cc(Br)c(F)cc1N. The maximum absolute atomic E-state index is 13.4. The van der Waals surface area contributed by atoms with Gasteiger partial charge in [0.05, 0.1) is 16.3 Å². The van der Waals surface area contributed by atoms with Crippen LogP contribution in [0.2, 0.25) is 0 Å². The zero-order chi connectivity index (χ0) is 15.6. The van der Waals surface area contributed by atoms with Crippen LogP contribution in [0.25, 0.3) is 0 Å². The van der Waals surface area contributed by atoms with E-state index in [1.165, 1.54) is 17.4 Å². The maximum Gasteiger partial charge on any atom is 0.244 e. The highest BCUT2D eigenvalue weighted by molar-refractivity contribution is 9.10. The van der Waals surface area contributed by atoms with E-state index in [1.54, 1.807) is 0 Å². The van der Waals surface area contributed by atoms with Crippen LogP contribution in [0, 0.1) is 5.82 Å². The van der Waals surface area contributed by atoms with E-state index in [2.05, 4.69) is 15.9 Å². The normalized spacial score (nSPS) is 19.9. The summed E-state index contributed by atoms with van der Waals surface area (Å²) in [6.07, 6.45) is 2.76. The first kappa shape index (κ1) is 16.7. The minimum absolute atomic E-state index is 0.0672. The van der Waals surface area contributed by atoms with E-state index in [0.29, 0.717) is 6.61 Å². The molecule has 5 nitrogen and oxygen atoms in total. The first-order chi connectivity index (χ1) is 9.82. The van der Waals surface area contributed by atoms with Crippen LogP contribution in [0.1, 0.15) is 19.3 Å². The average Bonchev–Trinajstić information content (AvgIpc) is 2.43. The summed E-state index contributed by atoms with van der Waals surface area (Å²) in [6, 6.07) is 2.19. The fourth-order valence-electron chi connectivity index (χ4n) is 2.27. The standard InChI is InChI=1S/C13H18BrFN2O3S/c1-17(8-9-4-2-3-5-20-9)21(18,19)13-6-10(14)11(15)7-12(13)16/h6-7,9H,2-5,8,16H2,1H3. The molecular weight excluding hydrogens is 363 g/mol. The summed E-state index contributed by atoms with van der Waals surface area (Å²) in [6.45, 7) is 0.916. The first-order valence-electron chi connectivity index (χ1n) is 6.65. The summed E-state index contributed by atoms with van der Waals surface area (Å²) in [5.74, 6) is -0.593. The van der Waals surface area contributed by atoms with Crippen LogP contribution in [-0.2, 0) is 14.8 Å². The second kappa shape index (κ2) is 6.60. The Hall–Kier alpha value is -0.700. The maximum atomic E-state index is 13.4. The molecule has 0 saturated carbocycles. The molecule has 2 N–H and O–H groups in total. The molecule has 1 aliphatic heterocycles. The van der Waals surface area contributed by atoms with Gasteiger partial charge in [-0.1, -0.05) is 0 Å². The molecule has 8 heteroatoms. The molecule has 0 aromatic heterocycles. The third-order valence-corrected chi connectivity index (χ3v) is 5.96. The van der Waals surface area contributed by atoms with E-state index in [1.807, 2.05) is 0 Å². The fraction of sp³-hybridized carbons (Fsp3) is 0.538. The minimum Gasteiger partial charge on any atom is -0.398 e. The van der Waals surface area contributed by atoms with Crippen molar-refractivity contribution in [1.82, 2.24) is 4.31 Å². The van der Waals surface area contributed by atoms with Gasteiger partial charge in [0.2, 0.25) is 10.0 Å². The lowest BCUT2D eigenvalue weighted by Gasteiger charge is -2.27. The van der Waals surface area contributed by atoms with Crippen molar-refractivity contribution in [3.63, 3.8) is 0 Å². The summed E-state index contributed by atoms with van der Waals surface area (Å²) in [7, 11) is -2.30. The lowest BCUT2D eigenvalue weighted by atomic mass is 10.1. The van der Waals surface area contributed by atoms with Gasteiger partial charge in [-0.2, -0.15) is 4.31 Å². The molecule has 1 aliphatic rings. The van der Waals surface area contributed by atoms with Crippen LogP contribution in [0.15, 0.2) is 21.5 Å². The molecule has 2 rings (SSSR count). The molecule has 1 atom stereocenters. The van der Waals surface area contributed by atoms with Crippen molar-refractivity contribution in [3.8, 4) is 0 Å². The van der Waals surface area contributed by atoms with Crippen molar-refractivity contribution in [2.75, 3.05) is 25.9 Å². The number of nitrogens with zero attached hydrogens (tertiary/aromatic N) is 1. The second-order valence-corrected chi connectivity index (χ2v) is 7.95. The second-order valence-electron chi connectivity index (χ2n) is 5.08. The van der Waals surface area contributed by atoms with Gasteiger partial charge in [-0.3, -0.25) is 0 Å². The van der Waals surface area contributed by atoms with E-state index >= 15 is 0 Å². The Morgan fingerprint density at radius 1 is 1.48 bits per heavy atom. The fourth-order valence-corrected chi connectivity index (χ4v) is 4.09. The molecule has 118 valence electrons. The van der Waals surface area contributed by atoms with Crippen molar-refractivity contribution < 1.29 is 17.5 Å². The monoisotopic (exact) mass is 380 g/mol. The van der Waals surface area contributed by atoms with Gasteiger partial charge in [0.15, 0.2) is 0 Å². The molecule has 0 amide bonds. The molecule has 0 spiro atoms. The number of ether oxygens (including phenoxy) is 1. The van der Waals surface area contributed by atoms with Gasteiger partial charge in [0, 0.05) is 20.2 Å². The molecule has 21 heavy (non-hydrogen) atoms. The highest BCUT2D eigenvalue weighted by atomic mass is 79.9. The molecule has 1 heterocycles. The predicted octanol–water partition coefficient (Wildman–Crippen LogP) is 2.36. The van der Waals surface area contributed by atoms with Crippen LogP contribution in [0.3, 0.4) is 0 Å². The number of nitrogen functional groups attached to an aromatic ring is 1. The van der Waals surface area contributed by atoms with Gasteiger partial charge >= 0.3 is 0 Å². The number of likely N-dealkylation sites (N-methyl/N-ethyl adjacent to an activating group) is 1. The number of halogens is 2. The van der Waals surface area contributed by atoms with Gasteiger partial charge in [0.1, 0.15) is 10.7 Å². The number of nitrogens with two attached hydrogens (primary N) is 1. The molecule has 1 aromatic carbocycles. The topological polar surface area (TPSA) is 72.6 Å².